The maximum absolute atomic E-state index is 13.4. The van der Waals surface area contributed by atoms with E-state index in [0.717, 1.165) is 25.7 Å². The Labute approximate surface area is 187 Å². The van der Waals surface area contributed by atoms with Crippen molar-refractivity contribution in [2.45, 2.75) is 49.6 Å². The predicted molar refractivity (Wildman–Crippen MR) is 121 cm³/mol. The lowest BCUT2D eigenvalue weighted by molar-refractivity contribution is -0.133. The van der Waals surface area contributed by atoms with E-state index in [1.807, 2.05) is 6.07 Å². The third-order valence-corrected chi connectivity index (χ3v) is 7.49. The van der Waals surface area contributed by atoms with Gasteiger partial charge in [-0.15, -0.1) is 0 Å². The minimum atomic E-state index is -3.95. The number of hydrogen-bond acceptors (Lipinski definition) is 4. The van der Waals surface area contributed by atoms with Gasteiger partial charge in [-0.3, -0.25) is 4.79 Å². The summed E-state index contributed by atoms with van der Waals surface area (Å²) in [5.74, 6) is -0.206. The number of likely N-dealkylation sites (tertiary alicyclic amines) is 1. The van der Waals surface area contributed by atoms with Crippen LogP contribution in [0.25, 0.3) is 10.9 Å². The molecule has 1 saturated heterocycles. The first kappa shape index (κ1) is 22.1. The predicted octanol–water partition coefficient (Wildman–Crippen LogP) is 2.98. The van der Waals surface area contributed by atoms with Crippen LogP contribution in [0, 0.1) is 11.3 Å². The molecule has 1 amide bonds. The number of aromatic nitrogens is 2. The molecule has 1 aromatic carbocycles. The van der Waals surface area contributed by atoms with Gasteiger partial charge in [0, 0.05) is 42.9 Å². The standard InChI is InChI=1S/C23H27N5O3S/c24-17-18-7-6-15-27(18)16-11-21(23(29)28-13-3-1-2-4-14-28)26-32(30,31)22-9-5-8-20-19(22)10-12-25-20/h5-10,12,15,21,25-26H,1-4,11,13-14,16H2. The van der Waals surface area contributed by atoms with Gasteiger partial charge in [-0.2, -0.15) is 9.98 Å². The van der Waals surface area contributed by atoms with Crippen molar-refractivity contribution in [3.8, 4) is 6.07 Å². The van der Waals surface area contributed by atoms with Crippen molar-refractivity contribution < 1.29 is 13.2 Å². The number of aromatic amines is 1. The number of nitrogens with zero attached hydrogens (tertiary/aromatic N) is 3. The van der Waals surface area contributed by atoms with Gasteiger partial charge in [0.15, 0.2) is 0 Å². The fraction of sp³-hybridized carbons (Fsp3) is 0.391. The van der Waals surface area contributed by atoms with Crippen LogP contribution < -0.4 is 4.72 Å². The van der Waals surface area contributed by atoms with Crippen LogP contribution in [-0.2, 0) is 21.4 Å². The van der Waals surface area contributed by atoms with E-state index in [0.29, 0.717) is 36.2 Å². The zero-order valence-corrected chi connectivity index (χ0v) is 18.6. The van der Waals surface area contributed by atoms with Crippen LogP contribution in [0.2, 0.25) is 0 Å². The Bertz CT molecular complexity index is 1230. The molecule has 1 unspecified atom stereocenters. The molecule has 0 spiro atoms. The molecule has 3 aromatic rings. The Kier molecular flexibility index (Phi) is 6.63. The van der Waals surface area contributed by atoms with Crippen LogP contribution in [0.1, 0.15) is 37.8 Å². The first-order chi connectivity index (χ1) is 15.5. The average Bonchev–Trinajstić information content (AvgIpc) is 3.37. The number of H-pyrrole nitrogens is 1. The topological polar surface area (TPSA) is 111 Å². The Balaban J connectivity index is 1.61. The zero-order valence-electron chi connectivity index (χ0n) is 17.8. The lowest BCUT2D eigenvalue weighted by Gasteiger charge is -2.27. The molecule has 168 valence electrons. The third-order valence-electron chi connectivity index (χ3n) is 5.96. The van der Waals surface area contributed by atoms with Gasteiger partial charge in [0.2, 0.25) is 15.9 Å². The van der Waals surface area contributed by atoms with Crippen molar-refractivity contribution in [1.82, 2.24) is 19.2 Å². The molecule has 8 nitrogen and oxygen atoms in total. The molecule has 2 N–H and O–H groups in total. The van der Waals surface area contributed by atoms with Crippen molar-refractivity contribution in [2.75, 3.05) is 13.1 Å². The van der Waals surface area contributed by atoms with Crippen molar-refractivity contribution in [3.63, 3.8) is 0 Å². The number of fused-ring (bicyclic) bond motifs is 1. The molecule has 0 aliphatic carbocycles. The van der Waals surface area contributed by atoms with E-state index >= 15 is 0 Å². The van der Waals surface area contributed by atoms with Crippen molar-refractivity contribution in [3.05, 3.63) is 54.5 Å². The van der Waals surface area contributed by atoms with E-state index in [1.54, 1.807) is 52.2 Å². The molecule has 9 heteroatoms. The van der Waals surface area contributed by atoms with Crippen LogP contribution in [0.4, 0.5) is 0 Å². The summed E-state index contributed by atoms with van der Waals surface area (Å²) in [5, 5.41) is 9.85. The van der Waals surface area contributed by atoms with Crippen LogP contribution in [0.3, 0.4) is 0 Å². The smallest absolute Gasteiger partial charge is 0.241 e. The van der Waals surface area contributed by atoms with Crippen LogP contribution in [0.5, 0.6) is 0 Å². The molecule has 3 heterocycles. The van der Waals surface area contributed by atoms with Crippen LogP contribution in [-0.4, -0.2) is 47.9 Å². The van der Waals surface area contributed by atoms with Gasteiger partial charge < -0.3 is 14.5 Å². The minimum absolute atomic E-state index is 0.142. The van der Waals surface area contributed by atoms with E-state index < -0.39 is 16.1 Å². The second kappa shape index (κ2) is 9.59. The monoisotopic (exact) mass is 453 g/mol. The molecule has 2 aromatic heterocycles. The fourth-order valence-corrected chi connectivity index (χ4v) is 5.71. The molecule has 0 bridgehead atoms. The number of benzene rings is 1. The van der Waals surface area contributed by atoms with Gasteiger partial charge in [0.1, 0.15) is 17.8 Å². The molecule has 1 fully saturated rings. The summed E-state index contributed by atoms with van der Waals surface area (Å²) in [6.07, 6.45) is 7.70. The number of nitriles is 1. The number of amides is 1. The van der Waals surface area contributed by atoms with Gasteiger partial charge in [-0.25, -0.2) is 8.42 Å². The molecular formula is C23H27N5O3S. The maximum atomic E-state index is 13.4. The van der Waals surface area contributed by atoms with E-state index in [1.165, 1.54) is 0 Å². The van der Waals surface area contributed by atoms with Gasteiger partial charge in [0.25, 0.3) is 0 Å². The molecule has 1 aliphatic rings. The molecule has 4 rings (SSSR count). The second-order valence-electron chi connectivity index (χ2n) is 8.10. The summed E-state index contributed by atoms with van der Waals surface area (Å²) in [6.45, 7) is 1.63. The SMILES string of the molecule is N#Cc1cccn1CCC(NS(=O)(=O)c1cccc2[nH]ccc12)C(=O)N1CCCCCC1. The fourth-order valence-electron chi connectivity index (χ4n) is 4.26. The average molecular weight is 454 g/mol. The first-order valence-corrected chi connectivity index (χ1v) is 12.4. The quantitative estimate of drug-likeness (QED) is 0.573. The summed E-state index contributed by atoms with van der Waals surface area (Å²) < 4.78 is 31.1. The maximum Gasteiger partial charge on any atom is 0.241 e. The molecule has 0 radical (unpaired) electrons. The van der Waals surface area contributed by atoms with E-state index in [9.17, 15) is 18.5 Å². The highest BCUT2D eigenvalue weighted by Crippen LogP contribution is 2.23. The van der Waals surface area contributed by atoms with E-state index in [-0.39, 0.29) is 17.2 Å². The number of sulfonamides is 1. The number of rotatable bonds is 7. The Morgan fingerprint density at radius 1 is 1.12 bits per heavy atom. The highest BCUT2D eigenvalue weighted by Gasteiger charge is 2.30. The van der Waals surface area contributed by atoms with Gasteiger partial charge in [-0.1, -0.05) is 18.9 Å². The Morgan fingerprint density at radius 3 is 2.66 bits per heavy atom. The summed E-state index contributed by atoms with van der Waals surface area (Å²) in [7, 11) is -3.95. The molecule has 0 saturated carbocycles. The number of nitrogens with one attached hydrogen (secondary N) is 2. The van der Waals surface area contributed by atoms with Gasteiger partial charge >= 0.3 is 0 Å². The van der Waals surface area contributed by atoms with Crippen molar-refractivity contribution in [2.24, 2.45) is 0 Å². The van der Waals surface area contributed by atoms with E-state index in [2.05, 4.69) is 15.8 Å². The summed E-state index contributed by atoms with van der Waals surface area (Å²) in [5.41, 5.74) is 1.19. The number of aryl methyl sites for hydroxylation is 1. The van der Waals surface area contributed by atoms with Crippen LogP contribution in [0.15, 0.2) is 53.7 Å². The van der Waals surface area contributed by atoms with Crippen molar-refractivity contribution >= 4 is 26.8 Å². The minimum Gasteiger partial charge on any atom is -0.361 e. The third kappa shape index (κ3) is 4.71. The van der Waals surface area contributed by atoms with E-state index in [4.69, 9.17) is 0 Å². The molecule has 1 atom stereocenters. The zero-order chi connectivity index (χ0) is 22.6. The summed E-state index contributed by atoms with van der Waals surface area (Å²) >= 11 is 0. The Morgan fingerprint density at radius 2 is 1.91 bits per heavy atom. The largest absolute Gasteiger partial charge is 0.361 e. The van der Waals surface area contributed by atoms with Crippen molar-refractivity contribution in [1.29, 1.82) is 5.26 Å². The second-order valence-corrected chi connectivity index (χ2v) is 9.78. The lowest BCUT2D eigenvalue weighted by atomic mass is 10.2. The normalized spacial score (nSPS) is 15.9. The van der Waals surface area contributed by atoms with Crippen LogP contribution >= 0.6 is 0 Å². The highest BCUT2D eigenvalue weighted by atomic mass is 32.2. The number of carbonyl (C=O) groups is 1. The van der Waals surface area contributed by atoms with Gasteiger partial charge in [0.05, 0.1) is 4.90 Å². The Hall–Kier alpha value is -3.09. The number of carbonyl (C=O) groups excluding carboxylic acids is 1. The summed E-state index contributed by atoms with van der Waals surface area (Å²) in [6, 6.07) is 11.4. The first-order valence-electron chi connectivity index (χ1n) is 10.9. The molecular weight excluding hydrogens is 426 g/mol. The lowest BCUT2D eigenvalue weighted by Crippen LogP contribution is -2.49. The van der Waals surface area contributed by atoms with Gasteiger partial charge in [-0.05, 0) is 49.6 Å². The molecule has 1 aliphatic heterocycles. The molecule has 32 heavy (non-hydrogen) atoms. The number of hydrogen-bond donors (Lipinski definition) is 2. The summed E-state index contributed by atoms with van der Waals surface area (Å²) in [4.78, 5) is 18.3. The highest BCUT2D eigenvalue weighted by molar-refractivity contribution is 7.89.